The second kappa shape index (κ2) is 4.21. The van der Waals surface area contributed by atoms with E-state index in [0.717, 1.165) is 0 Å². The molecule has 0 atom stereocenters. The van der Waals surface area contributed by atoms with Crippen molar-refractivity contribution < 1.29 is 19.4 Å². The monoisotopic (exact) mass is 210 g/mol. The van der Waals surface area contributed by atoms with Gasteiger partial charge in [0.1, 0.15) is 11.5 Å². The highest BCUT2D eigenvalue weighted by Crippen LogP contribution is 2.21. The number of ether oxygens (including phenoxy) is 2. The van der Waals surface area contributed by atoms with E-state index in [2.05, 4.69) is 0 Å². The molecule has 1 N–H and O–H groups in total. The Morgan fingerprint density at radius 2 is 1.67 bits per heavy atom. The van der Waals surface area contributed by atoms with Crippen LogP contribution in [-0.2, 0) is 4.79 Å². The van der Waals surface area contributed by atoms with Crippen molar-refractivity contribution in [2.24, 2.45) is 0 Å². The van der Waals surface area contributed by atoms with Crippen LogP contribution in [0.15, 0.2) is 24.3 Å². The van der Waals surface area contributed by atoms with E-state index in [1.807, 2.05) is 0 Å². The van der Waals surface area contributed by atoms with Crippen LogP contribution >= 0.6 is 0 Å². The van der Waals surface area contributed by atoms with Gasteiger partial charge in [-0.05, 0) is 38.1 Å². The number of hydrogen-bond acceptors (Lipinski definition) is 3. The molecule has 0 fully saturated rings. The van der Waals surface area contributed by atoms with Crippen molar-refractivity contribution in [3.05, 3.63) is 24.3 Å². The molecule has 0 aliphatic rings. The Kier molecular flexibility index (Phi) is 3.19. The first-order valence-corrected chi connectivity index (χ1v) is 4.52. The number of hydrogen-bond donors (Lipinski definition) is 1. The van der Waals surface area contributed by atoms with Crippen LogP contribution in [-0.4, -0.2) is 23.8 Å². The standard InChI is InChI=1S/C11H14O4/c1-11(2,10(12)13)15-9-6-4-8(14-3)5-7-9/h4-7H,1-3H3,(H,12,13). The summed E-state index contributed by atoms with van der Waals surface area (Å²) in [6.45, 7) is 3.00. The van der Waals surface area contributed by atoms with Crippen LogP contribution in [0.25, 0.3) is 0 Å². The first-order valence-electron chi connectivity index (χ1n) is 4.52. The van der Waals surface area contributed by atoms with E-state index < -0.39 is 11.6 Å². The van der Waals surface area contributed by atoms with Crippen LogP contribution in [0.2, 0.25) is 0 Å². The van der Waals surface area contributed by atoms with Crippen molar-refractivity contribution in [1.82, 2.24) is 0 Å². The zero-order chi connectivity index (χ0) is 11.5. The van der Waals surface area contributed by atoms with Crippen molar-refractivity contribution in [3.63, 3.8) is 0 Å². The Morgan fingerprint density at radius 1 is 1.20 bits per heavy atom. The fourth-order valence-corrected chi connectivity index (χ4v) is 0.982. The fourth-order valence-electron chi connectivity index (χ4n) is 0.982. The van der Waals surface area contributed by atoms with Gasteiger partial charge in [0.25, 0.3) is 0 Å². The van der Waals surface area contributed by atoms with Gasteiger partial charge in [-0.3, -0.25) is 0 Å². The van der Waals surface area contributed by atoms with Crippen LogP contribution in [0, 0.1) is 0 Å². The molecule has 0 saturated heterocycles. The number of benzene rings is 1. The van der Waals surface area contributed by atoms with Gasteiger partial charge in [0.2, 0.25) is 0 Å². The normalized spacial score (nSPS) is 10.9. The van der Waals surface area contributed by atoms with E-state index in [1.165, 1.54) is 13.8 Å². The molecule has 0 bridgehead atoms. The molecule has 0 aliphatic carbocycles. The van der Waals surface area contributed by atoms with Crippen molar-refractivity contribution in [3.8, 4) is 11.5 Å². The quantitative estimate of drug-likeness (QED) is 0.825. The van der Waals surface area contributed by atoms with E-state index in [0.29, 0.717) is 11.5 Å². The first-order chi connectivity index (χ1) is 6.95. The van der Waals surface area contributed by atoms with Crippen LogP contribution in [0.1, 0.15) is 13.8 Å². The summed E-state index contributed by atoms with van der Waals surface area (Å²) < 4.78 is 10.3. The molecule has 0 saturated carbocycles. The van der Waals surface area contributed by atoms with Gasteiger partial charge >= 0.3 is 5.97 Å². The van der Waals surface area contributed by atoms with Gasteiger partial charge in [0, 0.05) is 0 Å². The van der Waals surface area contributed by atoms with Gasteiger partial charge in [0.15, 0.2) is 5.60 Å². The Balaban J connectivity index is 2.77. The highest BCUT2D eigenvalue weighted by atomic mass is 16.5. The Labute approximate surface area is 88.4 Å². The molecule has 1 aromatic carbocycles. The topological polar surface area (TPSA) is 55.8 Å². The lowest BCUT2D eigenvalue weighted by Crippen LogP contribution is -2.37. The summed E-state index contributed by atoms with van der Waals surface area (Å²) in [4.78, 5) is 10.8. The highest BCUT2D eigenvalue weighted by molar-refractivity contribution is 5.76. The van der Waals surface area contributed by atoms with Crippen LogP contribution < -0.4 is 9.47 Å². The zero-order valence-electron chi connectivity index (χ0n) is 8.98. The molecule has 0 radical (unpaired) electrons. The summed E-state index contributed by atoms with van der Waals surface area (Å²) in [6, 6.07) is 6.77. The molecule has 0 amide bonds. The maximum absolute atomic E-state index is 10.8. The third-order valence-electron chi connectivity index (χ3n) is 1.95. The van der Waals surface area contributed by atoms with Crippen molar-refractivity contribution in [1.29, 1.82) is 0 Å². The van der Waals surface area contributed by atoms with E-state index in [4.69, 9.17) is 14.6 Å². The van der Waals surface area contributed by atoms with Crippen LogP contribution in [0.5, 0.6) is 11.5 Å². The molecule has 0 unspecified atom stereocenters. The summed E-state index contributed by atoms with van der Waals surface area (Å²) >= 11 is 0. The van der Waals surface area contributed by atoms with Gasteiger partial charge < -0.3 is 14.6 Å². The molecule has 82 valence electrons. The average molecular weight is 210 g/mol. The molecule has 1 rings (SSSR count). The third-order valence-corrected chi connectivity index (χ3v) is 1.95. The Bertz CT molecular complexity index is 340. The minimum absolute atomic E-state index is 0.503. The zero-order valence-corrected chi connectivity index (χ0v) is 8.98. The SMILES string of the molecule is COc1ccc(OC(C)(C)C(=O)O)cc1. The Morgan fingerprint density at radius 3 is 2.07 bits per heavy atom. The minimum Gasteiger partial charge on any atom is -0.497 e. The maximum atomic E-state index is 10.8. The second-order valence-corrected chi connectivity index (χ2v) is 3.59. The molecule has 4 heteroatoms. The number of carboxylic acids is 1. The van der Waals surface area contributed by atoms with Gasteiger partial charge in [-0.15, -0.1) is 0 Å². The summed E-state index contributed by atoms with van der Waals surface area (Å²) in [6.07, 6.45) is 0. The molecule has 4 nitrogen and oxygen atoms in total. The predicted molar refractivity (Wildman–Crippen MR) is 55.3 cm³/mol. The molecular formula is C11H14O4. The third kappa shape index (κ3) is 2.87. The predicted octanol–water partition coefficient (Wildman–Crippen LogP) is 1.94. The average Bonchev–Trinajstić information content (AvgIpc) is 2.18. The summed E-state index contributed by atoms with van der Waals surface area (Å²) in [5, 5.41) is 8.85. The number of carboxylic acid groups (broad SMARTS) is 1. The van der Waals surface area contributed by atoms with Crippen LogP contribution in [0.4, 0.5) is 0 Å². The van der Waals surface area contributed by atoms with Gasteiger partial charge in [-0.1, -0.05) is 0 Å². The summed E-state index contributed by atoms with van der Waals surface area (Å²) in [5.41, 5.74) is -1.23. The lowest BCUT2D eigenvalue weighted by atomic mass is 10.1. The molecular weight excluding hydrogens is 196 g/mol. The highest BCUT2D eigenvalue weighted by Gasteiger charge is 2.29. The van der Waals surface area contributed by atoms with E-state index in [1.54, 1.807) is 31.4 Å². The minimum atomic E-state index is -1.23. The van der Waals surface area contributed by atoms with Crippen molar-refractivity contribution in [2.45, 2.75) is 19.4 Å². The van der Waals surface area contributed by atoms with Crippen LogP contribution in [0.3, 0.4) is 0 Å². The van der Waals surface area contributed by atoms with E-state index >= 15 is 0 Å². The van der Waals surface area contributed by atoms with Crippen molar-refractivity contribution >= 4 is 5.97 Å². The number of rotatable bonds is 4. The molecule has 0 aliphatic heterocycles. The molecule has 0 spiro atoms. The van der Waals surface area contributed by atoms with Gasteiger partial charge in [0.05, 0.1) is 7.11 Å². The summed E-state index contributed by atoms with van der Waals surface area (Å²) in [5.74, 6) is 0.206. The van der Waals surface area contributed by atoms with Crippen molar-refractivity contribution in [2.75, 3.05) is 7.11 Å². The largest absolute Gasteiger partial charge is 0.497 e. The first kappa shape index (κ1) is 11.4. The summed E-state index contributed by atoms with van der Waals surface area (Å²) in [7, 11) is 1.57. The van der Waals surface area contributed by atoms with E-state index in [9.17, 15) is 4.79 Å². The lowest BCUT2D eigenvalue weighted by Gasteiger charge is -2.21. The smallest absolute Gasteiger partial charge is 0.347 e. The van der Waals surface area contributed by atoms with E-state index in [-0.39, 0.29) is 0 Å². The molecule has 0 heterocycles. The Hall–Kier alpha value is -1.71. The number of carbonyl (C=O) groups is 1. The van der Waals surface area contributed by atoms with Gasteiger partial charge in [-0.25, -0.2) is 4.79 Å². The second-order valence-electron chi connectivity index (χ2n) is 3.59. The van der Waals surface area contributed by atoms with Gasteiger partial charge in [-0.2, -0.15) is 0 Å². The number of aliphatic carboxylic acids is 1. The lowest BCUT2D eigenvalue weighted by molar-refractivity contribution is -0.152. The molecule has 1 aromatic rings. The molecule has 15 heavy (non-hydrogen) atoms. The molecule has 0 aromatic heterocycles. The fraction of sp³-hybridized carbons (Fsp3) is 0.364. The number of methoxy groups -OCH3 is 1. The maximum Gasteiger partial charge on any atom is 0.347 e.